The lowest BCUT2D eigenvalue weighted by atomic mass is 10.0. The highest BCUT2D eigenvalue weighted by molar-refractivity contribution is 6.33. The number of halogens is 1. The number of rotatable bonds is 8. The number of nitrogens with zero attached hydrogens (tertiary/aromatic N) is 1. The normalized spacial score (nSPS) is 11.9. The minimum Gasteiger partial charge on any atom is -0.489 e. The Morgan fingerprint density at radius 3 is 2.38 bits per heavy atom. The molecule has 148 valence electrons. The zero-order valence-electron chi connectivity index (χ0n) is 16.1. The van der Waals surface area contributed by atoms with Crippen LogP contribution in [0.2, 0.25) is 5.02 Å². The maximum Gasteiger partial charge on any atom is 0.318 e. The number of aliphatic imine (C=N–C) groups is 1. The fourth-order valence-corrected chi connectivity index (χ4v) is 2.92. The molecule has 0 heterocycles. The lowest BCUT2D eigenvalue weighted by Crippen LogP contribution is -2.17. The van der Waals surface area contributed by atoms with Crippen molar-refractivity contribution in [2.45, 2.75) is 19.4 Å². The van der Waals surface area contributed by atoms with E-state index in [4.69, 9.17) is 21.1 Å². The van der Waals surface area contributed by atoms with Crippen LogP contribution < -0.4 is 4.74 Å². The van der Waals surface area contributed by atoms with Gasteiger partial charge >= 0.3 is 5.97 Å². The third-order valence-electron chi connectivity index (χ3n) is 4.24. The molecule has 29 heavy (non-hydrogen) atoms. The lowest BCUT2D eigenvalue weighted by Gasteiger charge is -2.13. The molecule has 0 fully saturated rings. The van der Waals surface area contributed by atoms with Crippen LogP contribution in [0.3, 0.4) is 0 Å². The van der Waals surface area contributed by atoms with E-state index in [-0.39, 0.29) is 5.97 Å². The number of carbonyl (C=O) groups is 1. The van der Waals surface area contributed by atoms with Crippen LogP contribution in [-0.4, -0.2) is 18.8 Å². The average Bonchev–Trinajstić information content (AvgIpc) is 2.75. The Morgan fingerprint density at radius 2 is 1.69 bits per heavy atom. The number of carbonyl (C=O) groups excluding carboxylic acids is 1. The van der Waals surface area contributed by atoms with E-state index in [1.807, 2.05) is 66.7 Å². The van der Waals surface area contributed by atoms with E-state index in [1.165, 1.54) is 0 Å². The predicted octanol–water partition coefficient (Wildman–Crippen LogP) is 5.97. The summed E-state index contributed by atoms with van der Waals surface area (Å²) >= 11 is 6.15. The van der Waals surface area contributed by atoms with Gasteiger partial charge in [0, 0.05) is 6.21 Å². The highest BCUT2D eigenvalue weighted by Gasteiger charge is 2.20. The van der Waals surface area contributed by atoms with Crippen LogP contribution in [-0.2, 0) is 16.1 Å². The van der Waals surface area contributed by atoms with Crippen molar-refractivity contribution >= 4 is 29.5 Å². The molecule has 0 aliphatic carbocycles. The molecule has 0 saturated carbocycles. The number of esters is 1. The third kappa shape index (κ3) is 5.93. The van der Waals surface area contributed by atoms with Gasteiger partial charge in [-0.15, -0.1) is 0 Å². The largest absolute Gasteiger partial charge is 0.489 e. The zero-order valence-corrected chi connectivity index (χ0v) is 16.9. The maximum absolute atomic E-state index is 12.5. The first-order valence-electron chi connectivity index (χ1n) is 9.39. The molecule has 0 amide bonds. The van der Waals surface area contributed by atoms with E-state index >= 15 is 0 Å². The highest BCUT2D eigenvalue weighted by Crippen LogP contribution is 2.26. The van der Waals surface area contributed by atoms with Gasteiger partial charge in [-0.25, -0.2) is 0 Å². The SMILES string of the molecule is CCOC(=O)C(C=Nc1ccccc1Cl)c1ccc(OCc2ccccc2)cc1. The lowest BCUT2D eigenvalue weighted by molar-refractivity contribution is -0.143. The second-order valence-electron chi connectivity index (χ2n) is 6.30. The molecule has 0 spiro atoms. The summed E-state index contributed by atoms with van der Waals surface area (Å²) in [7, 11) is 0. The number of hydrogen-bond acceptors (Lipinski definition) is 4. The van der Waals surface area contributed by atoms with E-state index in [0.29, 0.717) is 23.9 Å². The molecule has 3 aromatic rings. The number of ether oxygens (including phenoxy) is 2. The van der Waals surface area contributed by atoms with Gasteiger partial charge in [-0.3, -0.25) is 9.79 Å². The van der Waals surface area contributed by atoms with Crippen LogP contribution in [0, 0.1) is 0 Å². The van der Waals surface area contributed by atoms with Crippen molar-refractivity contribution < 1.29 is 14.3 Å². The van der Waals surface area contributed by atoms with Gasteiger partial charge < -0.3 is 9.47 Å². The minimum atomic E-state index is -0.630. The van der Waals surface area contributed by atoms with E-state index in [1.54, 1.807) is 25.3 Å². The van der Waals surface area contributed by atoms with Crippen LogP contribution in [0.15, 0.2) is 83.9 Å². The molecule has 0 aliphatic rings. The first-order valence-corrected chi connectivity index (χ1v) is 9.77. The second-order valence-corrected chi connectivity index (χ2v) is 6.71. The Hall–Kier alpha value is -3.11. The second kappa shape index (κ2) is 10.4. The van der Waals surface area contributed by atoms with Crippen molar-refractivity contribution in [3.63, 3.8) is 0 Å². The summed E-state index contributed by atoms with van der Waals surface area (Å²) in [6.45, 7) is 2.56. The molecule has 0 saturated heterocycles. The van der Waals surface area contributed by atoms with Gasteiger partial charge in [-0.05, 0) is 42.3 Å². The fourth-order valence-electron chi connectivity index (χ4n) is 2.74. The fraction of sp³-hybridized carbons (Fsp3) is 0.167. The average molecular weight is 408 g/mol. The van der Waals surface area contributed by atoms with Crippen molar-refractivity contribution in [3.8, 4) is 5.75 Å². The Kier molecular flexibility index (Phi) is 7.42. The standard InChI is InChI=1S/C24H22ClNO3/c1-2-28-24(27)21(16-26-23-11-7-6-10-22(23)25)19-12-14-20(15-13-19)29-17-18-8-4-3-5-9-18/h3-16,21H,2,17H2,1H3. The molecule has 0 radical (unpaired) electrons. The molecule has 0 aliphatic heterocycles. The van der Waals surface area contributed by atoms with Gasteiger partial charge in [0.25, 0.3) is 0 Å². The molecule has 0 bridgehead atoms. The van der Waals surface area contributed by atoms with Crippen molar-refractivity contribution in [1.29, 1.82) is 0 Å². The summed E-state index contributed by atoms with van der Waals surface area (Å²) < 4.78 is 11.0. The molecule has 0 aromatic heterocycles. The molecular weight excluding hydrogens is 386 g/mol. The Morgan fingerprint density at radius 1 is 1.00 bits per heavy atom. The summed E-state index contributed by atoms with van der Waals surface area (Å²) in [6, 6.07) is 24.5. The molecule has 4 nitrogen and oxygen atoms in total. The monoisotopic (exact) mass is 407 g/mol. The van der Waals surface area contributed by atoms with Crippen LogP contribution in [0.5, 0.6) is 5.75 Å². The predicted molar refractivity (Wildman–Crippen MR) is 116 cm³/mol. The van der Waals surface area contributed by atoms with Gasteiger partial charge in [-0.2, -0.15) is 0 Å². The Balaban J connectivity index is 1.75. The molecule has 3 aromatic carbocycles. The molecule has 1 unspecified atom stereocenters. The molecule has 3 rings (SSSR count). The van der Waals surface area contributed by atoms with Crippen molar-refractivity contribution in [2.24, 2.45) is 4.99 Å². The van der Waals surface area contributed by atoms with Crippen molar-refractivity contribution in [2.75, 3.05) is 6.61 Å². The zero-order chi connectivity index (χ0) is 20.5. The first kappa shape index (κ1) is 20.6. The molecule has 0 N–H and O–H groups in total. The summed E-state index contributed by atoms with van der Waals surface area (Å²) in [5.74, 6) is -0.265. The van der Waals surface area contributed by atoms with E-state index in [9.17, 15) is 4.79 Å². The summed E-state index contributed by atoms with van der Waals surface area (Å²) in [5.41, 5.74) is 2.46. The topological polar surface area (TPSA) is 47.9 Å². The van der Waals surface area contributed by atoms with E-state index < -0.39 is 5.92 Å². The van der Waals surface area contributed by atoms with Gasteiger partial charge in [0.15, 0.2) is 0 Å². The highest BCUT2D eigenvalue weighted by atomic mass is 35.5. The van der Waals surface area contributed by atoms with Crippen LogP contribution >= 0.6 is 11.6 Å². The minimum absolute atomic E-state index is 0.299. The van der Waals surface area contributed by atoms with Crippen molar-refractivity contribution in [3.05, 3.63) is 95.0 Å². The maximum atomic E-state index is 12.5. The summed E-state index contributed by atoms with van der Waals surface area (Å²) in [4.78, 5) is 16.9. The smallest absolute Gasteiger partial charge is 0.318 e. The summed E-state index contributed by atoms with van der Waals surface area (Å²) in [6.07, 6.45) is 1.57. The van der Waals surface area contributed by atoms with Crippen LogP contribution in [0.1, 0.15) is 24.0 Å². The summed E-state index contributed by atoms with van der Waals surface area (Å²) in [5, 5.41) is 0.524. The van der Waals surface area contributed by atoms with E-state index in [2.05, 4.69) is 4.99 Å². The number of benzene rings is 3. The number of para-hydroxylation sites is 1. The van der Waals surface area contributed by atoms with Crippen LogP contribution in [0.4, 0.5) is 5.69 Å². The molecule has 1 atom stereocenters. The Labute approximate surface area is 175 Å². The third-order valence-corrected chi connectivity index (χ3v) is 4.56. The van der Waals surface area contributed by atoms with E-state index in [0.717, 1.165) is 16.9 Å². The molecular formula is C24H22ClNO3. The molecule has 5 heteroatoms. The van der Waals surface area contributed by atoms with Crippen molar-refractivity contribution in [1.82, 2.24) is 0 Å². The van der Waals surface area contributed by atoms with Gasteiger partial charge in [0.2, 0.25) is 0 Å². The van der Waals surface area contributed by atoms with Crippen LogP contribution in [0.25, 0.3) is 0 Å². The first-order chi connectivity index (χ1) is 14.2. The van der Waals surface area contributed by atoms with Gasteiger partial charge in [-0.1, -0.05) is 66.2 Å². The Bertz CT molecular complexity index is 955. The van der Waals surface area contributed by atoms with Gasteiger partial charge in [0.1, 0.15) is 18.3 Å². The van der Waals surface area contributed by atoms with Gasteiger partial charge in [0.05, 0.1) is 17.3 Å². The quantitative estimate of drug-likeness (QED) is 0.341. The number of hydrogen-bond donors (Lipinski definition) is 0.